The third-order valence-electron chi connectivity index (χ3n) is 6.08. The fraction of sp³-hybridized carbons (Fsp3) is 0.231. The van der Waals surface area contributed by atoms with Crippen LogP contribution < -0.4 is 4.90 Å². The topological polar surface area (TPSA) is 62.2 Å². The normalized spacial score (nSPS) is 14.1. The summed E-state index contributed by atoms with van der Waals surface area (Å²) in [6.45, 7) is 6.76. The fourth-order valence-electron chi connectivity index (χ4n) is 4.30. The molecule has 1 amide bonds. The van der Waals surface area contributed by atoms with Crippen molar-refractivity contribution in [1.82, 2.24) is 19.9 Å². The van der Waals surface area contributed by atoms with E-state index in [9.17, 15) is 4.79 Å². The highest BCUT2D eigenvalue weighted by molar-refractivity contribution is 6.09. The van der Waals surface area contributed by atoms with E-state index in [0.717, 1.165) is 33.3 Å². The number of piperazine rings is 1. The van der Waals surface area contributed by atoms with Crippen LogP contribution in [0, 0.1) is 13.8 Å². The number of anilines is 1. The molecule has 2 aromatic carbocycles. The Hall–Kier alpha value is -3.80. The Morgan fingerprint density at radius 2 is 1.53 bits per heavy atom. The minimum atomic E-state index is 0.0584. The zero-order valence-corrected chi connectivity index (χ0v) is 18.3. The number of aromatic nitrogens is 3. The standard InChI is InChI=1S/C26H25N5O/c1-18-8-10-20(11-9-18)24-19(2)23(21-6-3-4-7-22(21)29-24)25(32)30-14-16-31(17-15-30)26-27-12-5-13-28-26/h3-13H,14-17H2,1-2H3. The van der Waals surface area contributed by atoms with E-state index in [2.05, 4.69) is 46.1 Å². The average Bonchev–Trinajstić information content (AvgIpc) is 2.84. The van der Waals surface area contributed by atoms with E-state index in [-0.39, 0.29) is 5.91 Å². The number of carbonyl (C=O) groups is 1. The second-order valence-electron chi connectivity index (χ2n) is 8.17. The smallest absolute Gasteiger partial charge is 0.255 e. The summed E-state index contributed by atoms with van der Waals surface area (Å²) in [7, 11) is 0. The highest BCUT2D eigenvalue weighted by atomic mass is 16.2. The van der Waals surface area contributed by atoms with Gasteiger partial charge in [0.1, 0.15) is 0 Å². The largest absolute Gasteiger partial charge is 0.337 e. The van der Waals surface area contributed by atoms with Gasteiger partial charge in [-0.15, -0.1) is 0 Å². The van der Waals surface area contributed by atoms with Crippen LogP contribution in [0.1, 0.15) is 21.5 Å². The van der Waals surface area contributed by atoms with Gasteiger partial charge in [0.25, 0.3) is 5.91 Å². The van der Waals surface area contributed by atoms with E-state index in [0.29, 0.717) is 32.1 Å². The van der Waals surface area contributed by atoms with E-state index in [4.69, 9.17) is 4.98 Å². The van der Waals surface area contributed by atoms with E-state index >= 15 is 0 Å². The van der Waals surface area contributed by atoms with Crippen molar-refractivity contribution in [3.8, 4) is 11.3 Å². The van der Waals surface area contributed by atoms with E-state index in [1.54, 1.807) is 12.4 Å². The minimum absolute atomic E-state index is 0.0584. The molecule has 0 spiro atoms. The number of hydrogen-bond donors (Lipinski definition) is 0. The zero-order chi connectivity index (χ0) is 22.1. The number of aryl methyl sites for hydroxylation is 1. The summed E-state index contributed by atoms with van der Waals surface area (Å²) in [5.74, 6) is 0.773. The summed E-state index contributed by atoms with van der Waals surface area (Å²) >= 11 is 0. The molecule has 1 aliphatic rings. The summed E-state index contributed by atoms with van der Waals surface area (Å²) in [6, 6.07) is 18.0. The molecule has 0 radical (unpaired) electrons. The molecule has 160 valence electrons. The Labute approximate surface area is 187 Å². The van der Waals surface area contributed by atoms with Gasteiger partial charge in [0.15, 0.2) is 0 Å². The van der Waals surface area contributed by atoms with Crippen molar-refractivity contribution < 1.29 is 4.79 Å². The molecule has 0 saturated carbocycles. The molecule has 4 aromatic rings. The van der Waals surface area contributed by atoms with Gasteiger partial charge >= 0.3 is 0 Å². The minimum Gasteiger partial charge on any atom is -0.337 e. The number of nitrogens with zero attached hydrogens (tertiary/aromatic N) is 5. The molecule has 2 aromatic heterocycles. The lowest BCUT2D eigenvalue weighted by molar-refractivity contribution is 0.0747. The van der Waals surface area contributed by atoms with Gasteiger partial charge < -0.3 is 9.80 Å². The van der Waals surface area contributed by atoms with Crippen LogP contribution >= 0.6 is 0 Å². The van der Waals surface area contributed by atoms with Gasteiger partial charge in [-0.1, -0.05) is 48.0 Å². The highest BCUT2D eigenvalue weighted by Gasteiger charge is 2.27. The number of carbonyl (C=O) groups excluding carboxylic acids is 1. The molecule has 3 heterocycles. The molecule has 0 bridgehead atoms. The predicted octanol–water partition coefficient (Wildman–Crippen LogP) is 4.27. The monoisotopic (exact) mass is 423 g/mol. The van der Waals surface area contributed by atoms with E-state index < -0.39 is 0 Å². The van der Waals surface area contributed by atoms with Crippen LogP contribution in [0.15, 0.2) is 67.0 Å². The van der Waals surface area contributed by atoms with Gasteiger partial charge in [-0.2, -0.15) is 0 Å². The van der Waals surface area contributed by atoms with Crippen LogP contribution in [0.4, 0.5) is 5.95 Å². The number of para-hydroxylation sites is 1. The van der Waals surface area contributed by atoms with E-state index in [1.807, 2.05) is 42.2 Å². The van der Waals surface area contributed by atoms with Gasteiger partial charge in [-0.3, -0.25) is 4.79 Å². The first-order chi connectivity index (χ1) is 15.6. The highest BCUT2D eigenvalue weighted by Crippen LogP contribution is 2.31. The van der Waals surface area contributed by atoms with Crippen molar-refractivity contribution in [2.75, 3.05) is 31.1 Å². The molecule has 32 heavy (non-hydrogen) atoms. The maximum absolute atomic E-state index is 13.8. The zero-order valence-electron chi connectivity index (χ0n) is 18.3. The van der Waals surface area contributed by atoms with Crippen molar-refractivity contribution in [3.05, 3.63) is 83.7 Å². The lowest BCUT2D eigenvalue weighted by Crippen LogP contribution is -2.49. The summed E-state index contributed by atoms with van der Waals surface area (Å²) in [6.07, 6.45) is 3.50. The Morgan fingerprint density at radius 3 is 2.25 bits per heavy atom. The maximum Gasteiger partial charge on any atom is 0.255 e. The van der Waals surface area contributed by atoms with Crippen molar-refractivity contribution in [2.24, 2.45) is 0 Å². The van der Waals surface area contributed by atoms with Crippen molar-refractivity contribution in [3.63, 3.8) is 0 Å². The molecule has 0 unspecified atom stereocenters. The first-order valence-electron chi connectivity index (χ1n) is 10.9. The molecule has 0 N–H and O–H groups in total. The summed E-state index contributed by atoms with van der Waals surface area (Å²) in [5, 5.41) is 0.902. The van der Waals surface area contributed by atoms with Gasteiger partial charge in [0.2, 0.25) is 5.95 Å². The SMILES string of the molecule is Cc1ccc(-c2nc3ccccc3c(C(=O)N3CCN(c4ncccn4)CC3)c2C)cc1. The summed E-state index contributed by atoms with van der Waals surface area (Å²) in [5.41, 5.74) is 5.60. The summed E-state index contributed by atoms with van der Waals surface area (Å²) in [4.78, 5) is 31.4. The second kappa shape index (κ2) is 8.38. The van der Waals surface area contributed by atoms with Crippen molar-refractivity contribution in [1.29, 1.82) is 0 Å². The van der Waals surface area contributed by atoms with Gasteiger partial charge in [0, 0.05) is 49.5 Å². The number of pyridine rings is 1. The second-order valence-corrected chi connectivity index (χ2v) is 8.17. The van der Waals surface area contributed by atoms with Gasteiger partial charge in [-0.25, -0.2) is 15.0 Å². The third-order valence-corrected chi connectivity index (χ3v) is 6.08. The van der Waals surface area contributed by atoms with Crippen molar-refractivity contribution in [2.45, 2.75) is 13.8 Å². The van der Waals surface area contributed by atoms with Crippen LogP contribution in [-0.2, 0) is 0 Å². The first kappa shape index (κ1) is 20.1. The number of rotatable bonds is 3. The van der Waals surface area contributed by atoms with Gasteiger partial charge in [-0.05, 0) is 31.5 Å². The predicted molar refractivity (Wildman–Crippen MR) is 127 cm³/mol. The Morgan fingerprint density at radius 1 is 0.844 bits per heavy atom. The molecule has 1 fully saturated rings. The lowest BCUT2D eigenvalue weighted by Gasteiger charge is -2.35. The first-order valence-corrected chi connectivity index (χ1v) is 10.9. The van der Waals surface area contributed by atoms with Crippen LogP contribution in [0.25, 0.3) is 22.2 Å². The fourth-order valence-corrected chi connectivity index (χ4v) is 4.30. The van der Waals surface area contributed by atoms with Crippen LogP contribution in [0.2, 0.25) is 0 Å². The van der Waals surface area contributed by atoms with Gasteiger partial charge in [0.05, 0.1) is 16.8 Å². The van der Waals surface area contributed by atoms with Crippen LogP contribution in [-0.4, -0.2) is 51.9 Å². The summed E-state index contributed by atoms with van der Waals surface area (Å²) < 4.78 is 0. The molecular weight excluding hydrogens is 398 g/mol. The molecular formula is C26H25N5O. The maximum atomic E-state index is 13.8. The molecule has 1 aliphatic heterocycles. The molecule has 1 saturated heterocycles. The quantitative estimate of drug-likeness (QED) is 0.492. The molecule has 0 aliphatic carbocycles. The van der Waals surface area contributed by atoms with E-state index in [1.165, 1.54) is 5.56 Å². The third kappa shape index (κ3) is 3.68. The Balaban J connectivity index is 1.50. The lowest BCUT2D eigenvalue weighted by atomic mass is 9.96. The molecule has 6 heteroatoms. The molecule has 5 rings (SSSR count). The van der Waals surface area contributed by atoms with Crippen molar-refractivity contribution >= 4 is 22.8 Å². The number of amides is 1. The van der Waals surface area contributed by atoms with Crippen LogP contribution in [0.5, 0.6) is 0 Å². The Bertz CT molecular complexity index is 1260. The average molecular weight is 424 g/mol. The molecule has 0 atom stereocenters. The number of benzene rings is 2. The van der Waals surface area contributed by atoms with Crippen LogP contribution in [0.3, 0.4) is 0 Å². The Kier molecular flexibility index (Phi) is 5.27. The number of hydrogen-bond acceptors (Lipinski definition) is 5. The molecule has 6 nitrogen and oxygen atoms in total. The number of fused-ring (bicyclic) bond motifs is 1.